The van der Waals surface area contributed by atoms with Crippen molar-refractivity contribution < 1.29 is 14.3 Å². The van der Waals surface area contributed by atoms with E-state index in [1.165, 1.54) is 0 Å². The predicted octanol–water partition coefficient (Wildman–Crippen LogP) is 2.79. The van der Waals surface area contributed by atoms with E-state index in [0.717, 1.165) is 5.56 Å². The van der Waals surface area contributed by atoms with E-state index in [2.05, 4.69) is 13.8 Å². The van der Waals surface area contributed by atoms with Crippen molar-refractivity contribution in [2.24, 2.45) is 0 Å². The third-order valence-corrected chi connectivity index (χ3v) is 2.68. The molecule has 0 aliphatic carbocycles. The van der Waals surface area contributed by atoms with E-state index in [-0.39, 0.29) is 11.4 Å². The Morgan fingerprint density at radius 2 is 1.82 bits per heavy atom. The minimum atomic E-state index is -0.274. The molecule has 0 bridgehead atoms. The van der Waals surface area contributed by atoms with Crippen molar-refractivity contribution in [1.82, 2.24) is 0 Å². The van der Waals surface area contributed by atoms with Crippen LogP contribution >= 0.6 is 0 Å². The molecular formula is C14H20O3. The molecule has 0 saturated heterocycles. The average molecular weight is 236 g/mol. The maximum Gasteiger partial charge on any atom is 0.338 e. The van der Waals surface area contributed by atoms with E-state index in [4.69, 9.17) is 9.47 Å². The number of hydrogen-bond acceptors (Lipinski definition) is 3. The lowest BCUT2D eigenvalue weighted by Gasteiger charge is -2.24. The topological polar surface area (TPSA) is 35.5 Å². The number of methoxy groups -OCH3 is 1. The highest BCUT2D eigenvalue weighted by molar-refractivity contribution is 5.89. The molecule has 0 heterocycles. The molecule has 1 aromatic carbocycles. The van der Waals surface area contributed by atoms with E-state index >= 15 is 0 Å². The van der Waals surface area contributed by atoms with Gasteiger partial charge in [-0.2, -0.15) is 0 Å². The van der Waals surface area contributed by atoms with Gasteiger partial charge in [-0.05, 0) is 24.6 Å². The van der Waals surface area contributed by atoms with Crippen LogP contribution < -0.4 is 0 Å². The van der Waals surface area contributed by atoms with Crippen LogP contribution in [-0.2, 0) is 14.9 Å². The van der Waals surface area contributed by atoms with Crippen LogP contribution in [0.5, 0.6) is 0 Å². The number of ether oxygens (including phenoxy) is 2. The van der Waals surface area contributed by atoms with Gasteiger partial charge >= 0.3 is 5.97 Å². The predicted molar refractivity (Wildman–Crippen MR) is 67.3 cm³/mol. The minimum absolute atomic E-state index is 0.0536. The second-order valence-corrected chi connectivity index (χ2v) is 4.61. The summed E-state index contributed by atoms with van der Waals surface area (Å²) >= 11 is 0. The van der Waals surface area contributed by atoms with Gasteiger partial charge in [-0.3, -0.25) is 0 Å². The fourth-order valence-electron chi connectivity index (χ4n) is 1.72. The number of carbonyl (C=O) groups excluding carboxylic acids is 1. The molecule has 1 rings (SSSR count). The molecule has 0 aliphatic rings. The first-order valence-corrected chi connectivity index (χ1v) is 5.78. The lowest BCUT2D eigenvalue weighted by Crippen LogP contribution is -2.23. The van der Waals surface area contributed by atoms with Gasteiger partial charge in [-0.15, -0.1) is 0 Å². The molecule has 0 radical (unpaired) electrons. The minimum Gasteiger partial charge on any atom is -0.462 e. The summed E-state index contributed by atoms with van der Waals surface area (Å²) in [6.07, 6.45) is 0. The number of rotatable bonds is 5. The third-order valence-electron chi connectivity index (χ3n) is 2.68. The van der Waals surface area contributed by atoms with Crippen LogP contribution in [0.25, 0.3) is 0 Å². The standard InChI is InChI=1S/C14H20O3/c1-5-17-13(15)11-6-8-12(9-7-11)14(2,3)10-16-4/h6-9H,5,10H2,1-4H3. The van der Waals surface area contributed by atoms with Gasteiger partial charge in [0.15, 0.2) is 0 Å². The summed E-state index contributed by atoms with van der Waals surface area (Å²) in [4.78, 5) is 11.5. The normalized spacial score (nSPS) is 11.3. The van der Waals surface area contributed by atoms with Gasteiger partial charge in [-0.1, -0.05) is 26.0 Å². The Labute approximate surface area is 103 Å². The Bertz CT molecular complexity index is 366. The summed E-state index contributed by atoms with van der Waals surface area (Å²) in [6, 6.07) is 7.49. The largest absolute Gasteiger partial charge is 0.462 e. The quantitative estimate of drug-likeness (QED) is 0.737. The van der Waals surface area contributed by atoms with E-state index in [1.54, 1.807) is 26.2 Å². The first-order chi connectivity index (χ1) is 8.01. The van der Waals surface area contributed by atoms with E-state index in [1.807, 2.05) is 12.1 Å². The Morgan fingerprint density at radius 3 is 2.29 bits per heavy atom. The van der Waals surface area contributed by atoms with Crippen LogP contribution in [-0.4, -0.2) is 26.3 Å². The van der Waals surface area contributed by atoms with Crippen molar-refractivity contribution in [3.8, 4) is 0 Å². The molecule has 3 nitrogen and oxygen atoms in total. The van der Waals surface area contributed by atoms with Crippen LogP contribution in [0.1, 0.15) is 36.7 Å². The summed E-state index contributed by atoms with van der Waals surface area (Å²) in [5, 5.41) is 0. The second-order valence-electron chi connectivity index (χ2n) is 4.61. The third kappa shape index (κ3) is 3.56. The highest BCUT2D eigenvalue weighted by Crippen LogP contribution is 2.23. The Balaban J connectivity index is 2.84. The number of esters is 1. The fourth-order valence-corrected chi connectivity index (χ4v) is 1.72. The van der Waals surface area contributed by atoms with Crippen molar-refractivity contribution in [3.05, 3.63) is 35.4 Å². The van der Waals surface area contributed by atoms with Gasteiger partial charge < -0.3 is 9.47 Å². The summed E-state index contributed by atoms with van der Waals surface area (Å²) in [7, 11) is 1.69. The van der Waals surface area contributed by atoms with Gasteiger partial charge in [0, 0.05) is 12.5 Å². The van der Waals surface area contributed by atoms with Gasteiger partial charge in [0.25, 0.3) is 0 Å². The van der Waals surface area contributed by atoms with Gasteiger partial charge in [-0.25, -0.2) is 4.79 Å². The highest BCUT2D eigenvalue weighted by Gasteiger charge is 2.20. The highest BCUT2D eigenvalue weighted by atomic mass is 16.5. The molecule has 0 atom stereocenters. The Hall–Kier alpha value is -1.35. The van der Waals surface area contributed by atoms with Crippen LogP contribution in [0.4, 0.5) is 0 Å². The van der Waals surface area contributed by atoms with E-state index in [0.29, 0.717) is 18.8 Å². The lowest BCUT2D eigenvalue weighted by atomic mass is 9.85. The van der Waals surface area contributed by atoms with E-state index in [9.17, 15) is 4.79 Å². The number of benzene rings is 1. The average Bonchev–Trinajstić information content (AvgIpc) is 2.29. The second kappa shape index (κ2) is 5.82. The smallest absolute Gasteiger partial charge is 0.338 e. The van der Waals surface area contributed by atoms with Crippen molar-refractivity contribution >= 4 is 5.97 Å². The summed E-state index contributed by atoms with van der Waals surface area (Å²) in [6.45, 7) is 7.06. The van der Waals surface area contributed by atoms with Crippen LogP contribution in [0.2, 0.25) is 0 Å². The molecule has 0 spiro atoms. The molecule has 0 fully saturated rings. The lowest BCUT2D eigenvalue weighted by molar-refractivity contribution is 0.0526. The zero-order valence-corrected chi connectivity index (χ0v) is 10.9. The Morgan fingerprint density at radius 1 is 1.24 bits per heavy atom. The maximum atomic E-state index is 11.5. The number of carbonyl (C=O) groups is 1. The summed E-state index contributed by atoms with van der Waals surface area (Å²) in [5.41, 5.74) is 1.68. The van der Waals surface area contributed by atoms with Crippen molar-refractivity contribution in [2.75, 3.05) is 20.3 Å². The molecule has 0 N–H and O–H groups in total. The van der Waals surface area contributed by atoms with Crippen LogP contribution in [0, 0.1) is 0 Å². The zero-order chi connectivity index (χ0) is 12.9. The van der Waals surface area contributed by atoms with Gasteiger partial charge in [0.1, 0.15) is 0 Å². The summed E-state index contributed by atoms with van der Waals surface area (Å²) < 4.78 is 10.1. The van der Waals surface area contributed by atoms with Gasteiger partial charge in [0.05, 0.1) is 18.8 Å². The van der Waals surface area contributed by atoms with Gasteiger partial charge in [0.2, 0.25) is 0 Å². The van der Waals surface area contributed by atoms with Crippen molar-refractivity contribution in [1.29, 1.82) is 0 Å². The van der Waals surface area contributed by atoms with Crippen molar-refractivity contribution in [2.45, 2.75) is 26.2 Å². The van der Waals surface area contributed by atoms with Crippen LogP contribution in [0.15, 0.2) is 24.3 Å². The summed E-state index contributed by atoms with van der Waals surface area (Å²) in [5.74, 6) is -0.274. The van der Waals surface area contributed by atoms with E-state index < -0.39 is 0 Å². The first-order valence-electron chi connectivity index (χ1n) is 5.78. The molecule has 1 aromatic rings. The van der Waals surface area contributed by atoms with Crippen LogP contribution in [0.3, 0.4) is 0 Å². The molecule has 3 heteroatoms. The first kappa shape index (κ1) is 13.7. The molecule has 94 valence electrons. The Kier molecular flexibility index (Phi) is 4.70. The van der Waals surface area contributed by atoms with Crippen molar-refractivity contribution in [3.63, 3.8) is 0 Å². The molecule has 0 aromatic heterocycles. The maximum absolute atomic E-state index is 11.5. The molecule has 17 heavy (non-hydrogen) atoms. The monoisotopic (exact) mass is 236 g/mol. The molecule has 0 amide bonds. The fraction of sp³-hybridized carbons (Fsp3) is 0.500. The molecule has 0 unspecified atom stereocenters. The molecule has 0 aliphatic heterocycles. The zero-order valence-electron chi connectivity index (χ0n) is 10.9. The molecular weight excluding hydrogens is 216 g/mol. The number of hydrogen-bond donors (Lipinski definition) is 0. The SMILES string of the molecule is CCOC(=O)c1ccc(C(C)(C)COC)cc1. The molecule has 0 saturated carbocycles.